The molecule has 0 radical (unpaired) electrons. The topological polar surface area (TPSA) is 71.5 Å². The molecule has 2 aromatic carbocycles. The van der Waals surface area contributed by atoms with E-state index in [9.17, 15) is 14.0 Å². The summed E-state index contributed by atoms with van der Waals surface area (Å²) in [5.41, 5.74) is 2.20. The van der Waals surface area contributed by atoms with E-state index in [2.05, 4.69) is 10.3 Å². The van der Waals surface area contributed by atoms with Crippen LogP contribution < -0.4 is 10.1 Å². The number of pyridine rings is 1. The number of carbonyl (C=O) groups is 2. The number of piperidine rings is 1. The van der Waals surface area contributed by atoms with Crippen molar-refractivity contribution in [2.45, 2.75) is 25.9 Å². The third-order valence-corrected chi connectivity index (χ3v) is 6.26. The number of rotatable bonds is 5. The zero-order valence-corrected chi connectivity index (χ0v) is 19.2. The minimum atomic E-state index is -0.708. The van der Waals surface area contributed by atoms with Crippen LogP contribution in [-0.4, -0.2) is 47.9 Å². The van der Waals surface area contributed by atoms with E-state index in [1.165, 1.54) is 12.1 Å². The number of benzene rings is 2. The van der Waals surface area contributed by atoms with Gasteiger partial charge >= 0.3 is 0 Å². The summed E-state index contributed by atoms with van der Waals surface area (Å²) in [7, 11) is 1.61. The molecular weight excluding hydrogens is 445 g/mol. The van der Waals surface area contributed by atoms with Gasteiger partial charge in [0.25, 0.3) is 5.91 Å². The smallest absolute Gasteiger partial charge is 0.263 e. The molecule has 1 aromatic heterocycles. The molecule has 4 rings (SSSR count). The van der Waals surface area contributed by atoms with Gasteiger partial charge in [0.05, 0.1) is 16.5 Å². The second kappa shape index (κ2) is 9.75. The SMILES string of the molecule is CNC(=O)[C@H]1CCCN(C(=O)C(C)Oc2ccc3c(-c4ccc(F)cc4Cl)ccnc3c2)C1. The van der Waals surface area contributed by atoms with E-state index >= 15 is 0 Å². The monoisotopic (exact) mass is 469 g/mol. The van der Waals surface area contributed by atoms with E-state index in [1.807, 2.05) is 12.1 Å². The van der Waals surface area contributed by atoms with Crippen molar-refractivity contribution in [2.75, 3.05) is 20.1 Å². The van der Waals surface area contributed by atoms with Crippen LogP contribution in [0.2, 0.25) is 5.02 Å². The van der Waals surface area contributed by atoms with Crippen molar-refractivity contribution in [3.05, 3.63) is 59.5 Å². The fourth-order valence-corrected chi connectivity index (χ4v) is 4.52. The maximum Gasteiger partial charge on any atom is 0.263 e. The van der Waals surface area contributed by atoms with Crippen molar-refractivity contribution in [1.82, 2.24) is 15.2 Å². The highest BCUT2D eigenvalue weighted by Gasteiger charge is 2.30. The predicted molar refractivity (Wildman–Crippen MR) is 126 cm³/mol. The quantitative estimate of drug-likeness (QED) is 0.599. The maximum atomic E-state index is 13.5. The first-order chi connectivity index (χ1) is 15.9. The minimum Gasteiger partial charge on any atom is -0.481 e. The van der Waals surface area contributed by atoms with Crippen LogP contribution in [0.25, 0.3) is 22.0 Å². The zero-order chi connectivity index (χ0) is 23.5. The predicted octanol–water partition coefficient (Wildman–Crippen LogP) is 4.45. The number of aromatic nitrogens is 1. The van der Waals surface area contributed by atoms with E-state index in [1.54, 1.807) is 43.3 Å². The first kappa shape index (κ1) is 23.0. The molecule has 0 spiro atoms. The Balaban J connectivity index is 1.52. The summed E-state index contributed by atoms with van der Waals surface area (Å²) in [5, 5.41) is 3.81. The van der Waals surface area contributed by atoms with Crippen molar-refractivity contribution in [3.8, 4) is 16.9 Å². The molecule has 8 heteroatoms. The van der Waals surface area contributed by atoms with E-state index in [-0.39, 0.29) is 17.7 Å². The van der Waals surface area contributed by atoms with Gasteiger partial charge < -0.3 is 15.0 Å². The lowest BCUT2D eigenvalue weighted by molar-refractivity contribution is -0.141. The summed E-state index contributed by atoms with van der Waals surface area (Å²) in [6, 6.07) is 11.5. The van der Waals surface area contributed by atoms with Crippen molar-refractivity contribution < 1.29 is 18.7 Å². The van der Waals surface area contributed by atoms with Crippen LogP contribution in [0.15, 0.2) is 48.7 Å². The van der Waals surface area contributed by atoms with Gasteiger partial charge in [-0.25, -0.2) is 4.39 Å². The summed E-state index contributed by atoms with van der Waals surface area (Å²) in [6.07, 6.45) is 2.50. The van der Waals surface area contributed by atoms with Gasteiger partial charge in [-0.2, -0.15) is 0 Å². The summed E-state index contributed by atoms with van der Waals surface area (Å²) >= 11 is 6.26. The molecule has 6 nitrogen and oxygen atoms in total. The van der Waals surface area contributed by atoms with Crippen LogP contribution in [0.1, 0.15) is 19.8 Å². The number of nitrogens with zero attached hydrogens (tertiary/aromatic N) is 2. The molecule has 0 saturated carbocycles. The van der Waals surface area contributed by atoms with Gasteiger partial charge in [0.2, 0.25) is 5.91 Å². The molecule has 0 bridgehead atoms. The molecule has 1 N–H and O–H groups in total. The summed E-state index contributed by atoms with van der Waals surface area (Å²) in [4.78, 5) is 31.0. The second-order valence-corrected chi connectivity index (χ2v) is 8.57. The highest BCUT2D eigenvalue weighted by molar-refractivity contribution is 6.33. The molecule has 2 heterocycles. The second-order valence-electron chi connectivity index (χ2n) is 8.16. The number of carbonyl (C=O) groups excluding carboxylic acids is 2. The first-order valence-corrected chi connectivity index (χ1v) is 11.3. The van der Waals surface area contributed by atoms with Gasteiger partial charge in [-0.05, 0) is 61.7 Å². The molecular formula is C25H25ClFN3O3. The fraction of sp³-hybridized carbons (Fsp3) is 0.320. The Morgan fingerprint density at radius 3 is 2.79 bits per heavy atom. The van der Waals surface area contributed by atoms with Crippen molar-refractivity contribution >= 4 is 34.3 Å². The molecule has 0 aliphatic carbocycles. The Morgan fingerprint density at radius 2 is 2.03 bits per heavy atom. The van der Waals surface area contributed by atoms with E-state index in [4.69, 9.17) is 16.3 Å². The number of ether oxygens (including phenoxy) is 1. The number of amides is 2. The van der Waals surface area contributed by atoms with E-state index in [0.717, 1.165) is 23.8 Å². The van der Waals surface area contributed by atoms with Gasteiger partial charge in [0.15, 0.2) is 6.10 Å². The molecule has 2 amide bonds. The number of fused-ring (bicyclic) bond motifs is 1. The van der Waals surface area contributed by atoms with Gasteiger partial charge in [-0.1, -0.05) is 11.6 Å². The third-order valence-electron chi connectivity index (χ3n) is 5.95. The normalized spacial score (nSPS) is 17.0. The van der Waals surface area contributed by atoms with Crippen molar-refractivity contribution in [2.24, 2.45) is 5.92 Å². The average molecular weight is 470 g/mol. The van der Waals surface area contributed by atoms with E-state index < -0.39 is 11.9 Å². The maximum absolute atomic E-state index is 13.5. The molecule has 1 unspecified atom stereocenters. The Bertz CT molecular complexity index is 1200. The van der Waals surface area contributed by atoms with Gasteiger partial charge in [-0.15, -0.1) is 0 Å². The van der Waals surface area contributed by atoms with Crippen LogP contribution in [0, 0.1) is 11.7 Å². The molecule has 1 saturated heterocycles. The zero-order valence-electron chi connectivity index (χ0n) is 18.5. The highest BCUT2D eigenvalue weighted by Crippen LogP contribution is 2.34. The Morgan fingerprint density at radius 1 is 1.21 bits per heavy atom. The number of halogens is 2. The number of hydrogen-bond donors (Lipinski definition) is 1. The lowest BCUT2D eigenvalue weighted by Gasteiger charge is -2.33. The van der Waals surface area contributed by atoms with Gasteiger partial charge in [-0.3, -0.25) is 14.6 Å². The van der Waals surface area contributed by atoms with Crippen LogP contribution in [-0.2, 0) is 9.59 Å². The van der Waals surface area contributed by atoms with Crippen LogP contribution in [0.5, 0.6) is 5.75 Å². The van der Waals surface area contributed by atoms with Crippen LogP contribution in [0.4, 0.5) is 4.39 Å². The Hall–Kier alpha value is -3.19. The van der Waals surface area contributed by atoms with E-state index in [0.29, 0.717) is 34.9 Å². The third kappa shape index (κ3) is 4.93. The summed E-state index contributed by atoms with van der Waals surface area (Å²) in [6.45, 7) is 2.71. The number of hydrogen-bond acceptors (Lipinski definition) is 4. The largest absolute Gasteiger partial charge is 0.481 e. The highest BCUT2D eigenvalue weighted by atomic mass is 35.5. The average Bonchev–Trinajstić information content (AvgIpc) is 2.82. The minimum absolute atomic E-state index is 0.0428. The van der Waals surface area contributed by atoms with Crippen LogP contribution >= 0.6 is 11.6 Å². The van der Waals surface area contributed by atoms with Crippen LogP contribution in [0.3, 0.4) is 0 Å². The molecule has 3 aromatic rings. The lowest BCUT2D eigenvalue weighted by atomic mass is 9.97. The van der Waals surface area contributed by atoms with Crippen molar-refractivity contribution in [1.29, 1.82) is 0 Å². The molecule has 1 aliphatic rings. The summed E-state index contributed by atoms with van der Waals surface area (Å²) in [5.74, 6) is -0.270. The number of likely N-dealkylation sites (tertiary alicyclic amines) is 1. The molecule has 1 aliphatic heterocycles. The Labute approximate surface area is 196 Å². The molecule has 33 heavy (non-hydrogen) atoms. The standard InChI is InChI=1S/C25H25ClFN3O3/c1-15(25(32)30-11-3-4-16(14-30)24(31)28-2)33-18-6-8-21-19(9-10-29-23(21)13-18)20-7-5-17(27)12-22(20)26/h5-10,12-13,15-16H,3-4,11,14H2,1-2H3,(H,28,31)/t15?,16-/m0/s1. The first-order valence-electron chi connectivity index (χ1n) is 10.9. The molecule has 172 valence electrons. The summed E-state index contributed by atoms with van der Waals surface area (Å²) < 4.78 is 19.4. The van der Waals surface area contributed by atoms with Crippen molar-refractivity contribution in [3.63, 3.8) is 0 Å². The fourth-order valence-electron chi connectivity index (χ4n) is 4.25. The van der Waals surface area contributed by atoms with Gasteiger partial charge in [0, 0.05) is 43.4 Å². The molecule has 1 fully saturated rings. The number of nitrogens with one attached hydrogen (secondary N) is 1. The Kier molecular flexibility index (Phi) is 6.79. The lowest BCUT2D eigenvalue weighted by Crippen LogP contribution is -2.48. The molecule has 2 atom stereocenters. The van der Waals surface area contributed by atoms with Gasteiger partial charge in [0.1, 0.15) is 11.6 Å².